The fraction of sp³-hybridized carbons (Fsp3) is 0.174. The van der Waals surface area contributed by atoms with Gasteiger partial charge in [-0.1, -0.05) is 23.7 Å². The number of nitriles is 1. The van der Waals surface area contributed by atoms with Crippen molar-refractivity contribution in [2.45, 2.75) is 25.9 Å². The largest absolute Gasteiger partial charge is 0.380 e. The number of fused-ring (bicyclic) bond motifs is 1. The van der Waals surface area contributed by atoms with Crippen LogP contribution in [-0.4, -0.2) is 36.2 Å². The van der Waals surface area contributed by atoms with Crippen LogP contribution < -0.4 is 5.73 Å². The van der Waals surface area contributed by atoms with Crippen molar-refractivity contribution in [2.75, 3.05) is 0 Å². The van der Waals surface area contributed by atoms with Crippen LogP contribution in [-0.2, 0) is 11.2 Å². The summed E-state index contributed by atoms with van der Waals surface area (Å²) in [7, 11) is 0. The number of aromatic nitrogens is 4. The maximum absolute atomic E-state index is 11.6. The number of benzene rings is 1. The van der Waals surface area contributed by atoms with Crippen LogP contribution in [0, 0.1) is 18.3 Å². The normalized spacial score (nSPS) is 13.0. The summed E-state index contributed by atoms with van der Waals surface area (Å²) >= 11 is 6.23. The Balaban J connectivity index is 1.99. The Morgan fingerprint density at radius 1 is 1.25 bits per heavy atom. The number of primary amides is 1. The lowest BCUT2D eigenvalue weighted by Gasteiger charge is -2.18. The van der Waals surface area contributed by atoms with E-state index < -0.39 is 11.5 Å². The molecule has 1 unspecified atom stereocenters. The van der Waals surface area contributed by atoms with E-state index in [2.05, 4.69) is 16.0 Å². The van der Waals surface area contributed by atoms with E-state index in [1.54, 1.807) is 41.0 Å². The molecule has 3 N–H and O–H groups in total. The zero-order chi connectivity index (χ0) is 23.0. The SMILES string of the molecule is Cc1cc(-c2c(-c3cccc(C#N)c3)nn3ccc(CC(C)(O)C(N)=O)nc23)cc(Cl)n1. The number of hydrogen-bond donors (Lipinski definition) is 2. The molecule has 0 aliphatic carbocycles. The predicted molar refractivity (Wildman–Crippen MR) is 120 cm³/mol. The van der Waals surface area contributed by atoms with Crippen LogP contribution >= 0.6 is 11.6 Å². The van der Waals surface area contributed by atoms with Crippen LogP contribution in [0.3, 0.4) is 0 Å². The first-order chi connectivity index (χ1) is 15.2. The Labute approximate surface area is 188 Å². The van der Waals surface area contributed by atoms with Crippen LogP contribution in [0.15, 0.2) is 48.7 Å². The van der Waals surface area contributed by atoms with Gasteiger partial charge in [0.15, 0.2) is 5.65 Å². The molecule has 9 heteroatoms. The summed E-state index contributed by atoms with van der Waals surface area (Å²) in [4.78, 5) is 20.5. The first-order valence-corrected chi connectivity index (χ1v) is 10.1. The number of pyridine rings is 1. The highest BCUT2D eigenvalue weighted by Gasteiger charge is 2.29. The second kappa shape index (κ2) is 8.04. The number of carbonyl (C=O) groups excluding carboxylic acids is 1. The topological polar surface area (TPSA) is 130 Å². The smallest absolute Gasteiger partial charge is 0.249 e. The van der Waals surface area contributed by atoms with Crippen molar-refractivity contribution in [2.24, 2.45) is 5.73 Å². The standard InChI is InChI=1S/C23H19ClN6O2/c1-13-8-16(10-18(24)27-13)19-20(15-5-3-4-14(9-15)12-25)29-30-7-6-17(28-21(19)30)11-23(2,32)22(26)31/h3-10,32H,11H2,1-2H3,(H2,26,31). The lowest BCUT2D eigenvalue weighted by atomic mass is 9.98. The van der Waals surface area contributed by atoms with Crippen LogP contribution in [0.1, 0.15) is 23.9 Å². The van der Waals surface area contributed by atoms with Gasteiger partial charge in [-0.25, -0.2) is 14.5 Å². The minimum atomic E-state index is -1.74. The molecule has 0 saturated heterocycles. The van der Waals surface area contributed by atoms with Crippen molar-refractivity contribution < 1.29 is 9.90 Å². The Kier molecular flexibility index (Phi) is 5.38. The molecule has 0 bridgehead atoms. The van der Waals surface area contributed by atoms with Gasteiger partial charge in [-0.3, -0.25) is 4.79 Å². The van der Waals surface area contributed by atoms with Gasteiger partial charge in [-0.2, -0.15) is 10.4 Å². The number of aryl methyl sites for hydroxylation is 1. The minimum Gasteiger partial charge on any atom is -0.380 e. The Bertz CT molecular complexity index is 1380. The highest BCUT2D eigenvalue weighted by molar-refractivity contribution is 6.29. The number of amides is 1. The monoisotopic (exact) mass is 446 g/mol. The minimum absolute atomic E-state index is 0.0567. The molecule has 3 heterocycles. The third-order valence-corrected chi connectivity index (χ3v) is 5.27. The molecule has 1 atom stereocenters. The molecule has 0 saturated carbocycles. The Morgan fingerprint density at radius 3 is 2.72 bits per heavy atom. The Hall–Kier alpha value is -3.80. The summed E-state index contributed by atoms with van der Waals surface area (Å²) in [6.45, 7) is 3.18. The molecular weight excluding hydrogens is 428 g/mol. The highest BCUT2D eigenvalue weighted by atomic mass is 35.5. The second-order valence-corrected chi connectivity index (χ2v) is 8.13. The molecule has 4 aromatic rings. The zero-order valence-corrected chi connectivity index (χ0v) is 18.1. The molecule has 0 radical (unpaired) electrons. The van der Waals surface area contributed by atoms with E-state index in [4.69, 9.17) is 22.4 Å². The molecule has 0 aliphatic heterocycles. The van der Waals surface area contributed by atoms with Crippen molar-refractivity contribution in [1.29, 1.82) is 5.26 Å². The highest BCUT2D eigenvalue weighted by Crippen LogP contribution is 2.36. The molecule has 3 aromatic heterocycles. The van der Waals surface area contributed by atoms with E-state index in [-0.39, 0.29) is 6.42 Å². The molecule has 0 aliphatic rings. The average molecular weight is 447 g/mol. The van der Waals surface area contributed by atoms with Gasteiger partial charge in [0, 0.05) is 29.6 Å². The van der Waals surface area contributed by atoms with Crippen molar-refractivity contribution in [3.8, 4) is 28.5 Å². The first kappa shape index (κ1) is 21.4. The summed E-state index contributed by atoms with van der Waals surface area (Å²) in [6, 6.07) is 14.5. The number of carbonyl (C=O) groups is 1. The van der Waals surface area contributed by atoms with Crippen LogP contribution in [0.25, 0.3) is 28.0 Å². The summed E-state index contributed by atoms with van der Waals surface area (Å²) in [5.74, 6) is -0.835. The lowest BCUT2D eigenvalue weighted by Crippen LogP contribution is -2.43. The molecule has 0 spiro atoms. The van der Waals surface area contributed by atoms with Gasteiger partial charge in [0.2, 0.25) is 5.91 Å². The maximum atomic E-state index is 11.6. The summed E-state index contributed by atoms with van der Waals surface area (Å²) in [5, 5.41) is 24.7. The molecule has 1 amide bonds. The molecule has 4 rings (SSSR count). The molecular formula is C23H19ClN6O2. The van der Waals surface area contributed by atoms with Crippen LogP contribution in [0.5, 0.6) is 0 Å². The van der Waals surface area contributed by atoms with Crippen LogP contribution in [0.4, 0.5) is 0 Å². The average Bonchev–Trinajstić information content (AvgIpc) is 3.11. The number of hydrogen-bond acceptors (Lipinski definition) is 6. The van der Waals surface area contributed by atoms with E-state index in [1.165, 1.54) is 6.92 Å². The van der Waals surface area contributed by atoms with Crippen molar-refractivity contribution in [3.63, 3.8) is 0 Å². The lowest BCUT2D eigenvalue weighted by molar-refractivity contribution is -0.134. The number of aliphatic hydroxyl groups is 1. The van der Waals surface area contributed by atoms with E-state index in [0.29, 0.717) is 33.3 Å². The van der Waals surface area contributed by atoms with Crippen molar-refractivity contribution in [1.82, 2.24) is 19.6 Å². The van der Waals surface area contributed by atoms with Crippen molar-refractivity contribution >= 4 is 23.2 Å². The van der Waals surface area contributed by atoms with E-state index in [1.807, 2.05) is 19.1 Å². The fourth-order valence-corrected chi connectivity index (χ4v) is 3.73. The molecule has 160 valence electrons. The van der Waals surface area contributed by atoms with E-state index >= 15 is 0 Å². The molecule has 32 heavy (non-hydrogen) atoms. The number of nitrogens with two attached hydrogens (primary N) is 1. The molecule has 1 aromatic carbocycles. The number of halogens is 1. The van der Waals surface area contributed by atoms with Gasteiger partial charge >= 0.3 is 0 Å². The molecule has 0 fully saturated rings. The van der Waals surface area contributed by atoms with Gasteiger partial charge < -0.3 is 10.8 Å². The van der Waals surface area contributed by atoms with E-state index in [9.17, 15) is 15.2 Å². The van der Waals surface area contributed by atoms with E-state index in [0.717, 1.165) is 16.8 Å². The van der Waals surface area contributed by atoms with Gasteiger partial charge in [-0.05, 0) is 49.7 Å². The summed E-state index contributed by atoms with van der Waals surface area (Å²) in [5.41, 5.74) is 8.54. The quantitative estimate of drug-likeness (QED) is 0.453. The third-order valence-electron chi connectivity index (χ3n) is 5.07. The number of nitrogens with zero attached hydrogens (tertiary/aromatic N) is 5. The second-order valence-electron chi connectivity index (χ2n) is 7.74. The fourth-order valence-electron chi connectivity index (χ4n) is 3.48. The van der Waals surface area contributed by atoms with Gasteiger partial charge in [0.25, 0.3) is 0 Å². The summed E-state index contributed by atoms with van der Waals surface area (Å²) in [6.07, 6.45) is 1.64. The summed E-state index contributed by atoms with van der Waals surface area (Å²) < 4.78 is 1.61. The third kappa shape index (κ3) is 4.04. The Morgan fingerprint density at radius 2 is 2.03 bits per heavy atom. The van der Waals surface area contributed by atoms with Gasteiger partial charge in [0.1, 0.15) is 16.4 Å². The maximum Gasteiger partial charge on any atom is 0.249 e. The van der Waals surface area contributed by atoms with Crippen LogP contribution in [0.2, 0.25) is 5.15 Å². The number of rotatable bonds is 5. The molecule has 8 nitrogen and oxygen atoms in total. The predicted octanol–water partition coefficient (Wildman–Crippen LogP) is 3.07. The van der Waals surface area contributed by atoms with Crippen molar-refractivity contribution in [3.05, 3.63) is 70.8 Å². The zero-order valence-electron chi connectivity index (χ0n) is 17.4. The van der Waals surface area contributed by atoms with Gasteiger partial charge in [0.05, 0.1) is 17.2 Å². The van der Waals surface area contributed by atoms with Gasteiger partial charge in [-0.15, -0.1) is 0 Å². The first-order valence-electron chi connectivity index (χ1n) is 9.73.